The standard InChI is InChI=1S/C18H15NO4S/c1-23-17-11-15(8-10-18(17)24(2,21)22)16(20)9-7-13-3-5-14(12-19)6-4-13/h3-11H,1-2H3. The molecule has 0 bridgehead atoms. The van der Waals surface area contributed by atoms with Crippen molar-refractivity contribution in [3.8, 4) is 11.8 Å². The highest BCUT2D eigenvalue weighted by molar-refractivity contribution is 7.90. The number of ether oxygens (including phenoxy) is 1. The first-order chi connectivity index (χ1) is 11.3. The van der Waals surface area contributed by atoms with Crippen molar-refractivity contribution < 1.29 is 17.9 Å². The molecule has 0 saturated heterocycles. The highest BCUT2D eigenvalue weighted by Gasteiger charge is 2.16. The molecule has 5 nitrogen and oxygen atoms in total. The second-order valence-electron chi connectivity index (χ2n) is 5.07. The van der Waals surface area contributed by atoms with E-state index in [9.17, 15) is 13.2 Å². The summed E-state index contributed by atoms with van der Waals surface area (Å²) in [5.74, 6) is -0.146. The van der Waals surface area contributed by atoms with E-state index in [1.54, 1.807) is 30.3 Å². The minimum Gasteiger partial charge on any atom is -0.495 e. The molecule has 0 aliphatic rings. The molecule has 0 radical (unpaired) electrons. The van der Waals surface area contributed by atoms with Crippen LogP contribution in [0.3, 0.4) is 0 Å². The summed E-state index contributed by atoms with van der Waals surface area (Å²) >= 11 is 0. The molecular formula is C18H15NO4S. The van der Waals surface area contributed by atoms with E-state index in [1.165, 1.54) is 31.4 Å². The van der Waals surface area contributed by atoms with E-state index in [4.69, 9.17) is 10.00 Å². The summed E-state index contributed by atoms with van der Waals surface area (Å²) in [7, 11) is -2.08. The third-order valence-corrected chi connectivity index (χ3v) is 4.45. The molecule has 0 aliphatic heterocycles. The van der Waals surface area contributed by atoms with Crippen LogP contribution < -0.4 is 4.74 Å². The molecule has 0 N–H and O–H groups in total. The third kappa shape index (κ3) is 4.09. The van der Waals surface area contributed by atoms with Crippen molar-refractivity contribution in [1.82, 2.24) is 0 Å². The lowest BCUT2D eigenvalue weighted by atomic mass is 10.1. The molecule has 2 aromatic rings. The number of hydrogen-bond acceptors (Lipinski definition) is 5. The van der Waals surface area contributed by atoms with Gasteiger partial charge in [0.15, 0.2) is 15.6 Å². The Hall–Kier alpha value is -2.91. The molecule has 2 aromatic carbocycles. The van der Waals surface area contributed by atoms with Gasteiger partial charge in [-0.25, -0.2) is 8.42 Å². The van der Waals surface area contributed by atoms with Crippen molar-refractivity contribution in [3.05, 3.63) is 65.2 Å². The van der Waals surface area contributed by atoms with Gasteiger partial charge in [0.2, 0.25) is 0 Å². The molecule has 0 fully saturated rings. The van der Waals surface area contributed by atoms with Gasteiger partial charge in [0.05, 0.1) is 18.7 Å². The van der Waals surface area contributed by atoms with E-state index in [-0.39, 0.29) is 16.4 Å². The molecule has 0 unspecified atom stereocenters. The number of ketones is 1. The number of sulfone groups is 1. The number of benzene rings is 2. The van der Waals surface area contributed by atoms with Crippen molar-refractivity contribution in [1.29, 1.82) is 5.26 Å². The summed E-state index contributed by atoms with van der Waals surface area (Å²) in [6.07, 6.45) is 4.09. The van der Waals surface area contributed by atoms with Gasteiger partial charge >= 0.3 is 0 Å². The first kappa shape index (κ1) is 17.4. The second kappa shape index (κ2) is 7.11. The molecular weight excluding hydrogens is 326 g/mol. The lowest BCUT2D eigenvalue weighted by molar-refractivity contribution is 0.104. The van der Waals surface area contributed by atoms with Crippen LogP contribution >= 0.6 is 0 Å². The van der Waals surface area contributed by atoms with Gasteiger partial charge in [0.1, 0.15) is 10.6 Å². The Labute approximate surface area is 140 Å². The lowest BCUT2D eigenvalue weighted by Crippen LogP contribution is -2.03. The van der Waals surface area contributed by atoms with Crippen LogP contribution in [-0.4, -0.2) is 27.6 Å². The van der Waals surface area contributed by atoms with Crippen LogP contribution in [0, 0.1) is 11.3 Å². The van der Waals surface area contributed by atoms with Crippen molar-refractivity contribution in [2.24, 2.45) is 0 Å². The number of rotatable bonds is 5. The van der Waals surface area contributed by atoms with Crippen LogP contribution in [0.5, 0.6) is 5.75 Å². The highest BCUT2D eigenvalue weighted by Crippen LogP contribution is 2.25. The first-order valence-corrected chi connectivity index (χ1v) is 8.85. The number of methoxy groups -OCH3 is 1. The smallest absolute Gasteiger partial charge is 0.185 e. The Morgan fingerprint density at radius 2 is 1.83 bits per heavy atom. The van der Waals surface area contributed by atoms with Crippen molar-refractivity contribution in [2.45, 2.75) is 4.90 Å². The van der Waals surface area contributed by atoms with Crippen molar-refractivity contribution >= 4 is 21.7 Å². The largest absolute Gasteiger partial charge is 0.495 e. The van der Waals surface area contributed by atoms with Crippen LogP contribution in [0.1, 0.15) is 21.5 Å². The Bertz CT molecular complexity index is 936. The first-order valence-electron chi connectivity index (χ1n) is 6.96. The minimum atomic E-state index is -3.43. The van der Waals surface area contributed by atoms with Crippen LogP contribution in [-0.2, 0) is 9.84 Å². The third-order valence-electron chi connectivity index (χ3n) is 3.31. The van der Waals surface area contributed by atoms with E-state index >= 15 is 0 Å². The normalized spacial score (nSPS) is 11.2. The van der Waals surface area contributed by atoms with Gasteiger partial charge in [-0.05, 0) is 42.0 Å². The van der Waals surface area contributed by atoms with Gasteiger partial charge in [-0.2, -0.15) is 5.26 Å². The molecule has 0 heterocycles. The van der Waals surface area contributed by atoms with E-state index in [0.717, 1.165) is 11.8 Å². The predicted octanol–water partition coefficient (Wildman–Crippen LogP) is 2.87. The molecule has 2 rings (SSSR count). The van der Waals surface area contributed by atoms with Crippen LogP contribution in [0.4, 0.5) is 0 Å². The summed E-state index contributed by atoms with van der Waals surface area (Å²) in [5, 5.41) is 8.75. The summed E-state index contributed by atoms with van der Waals surface area (Å²) < 4.78 is 28.4. The quantitative estimate of drug-likeness (QED) is 0.617. The maximum atomic E-state index is 12.2. The Kier molecular flexibility index (Phi) is 5.17. The van der Waals surface area contributed by atoms with Gasteiger partial charge in [-0.3, -0.25) is 4.79 Å². The fraction of sp³-hybridized carbons (Fsp3) is 0.111. The molecule has 24 heavy (non-hydrogen) atoms. The zero-order valence-corrected chi connectivity index (χ0v) is 14.0. The number of allylic oxidation sites excluding steroid dienone is 1. The zero-order chi connectivity index (χ0) is 17.7. The zero-order valence-electron chi connectivity index (χ0n) is 13.2. The van der Waals surface area contributed by atoms with Gasteiger partial charge in [-0.1, -0.05) is 18.2 Å². The number of nitriles is 1. The summed E-state index contributed by atoms with van der Waals surface area (Å²) in [6.45, 7) is 0. The maximum absolute atomic E-state index is 12.2. The van der Waals surface area contributed by atoms with Crippen molar-refractivity contribution in [3.63, 3.8) is 0 Å². The summed E-state index contributed by atoms with van der Waals surface area (Å²) in [5.41, 5.74) is 1.64. The molecule has 0 atom stereocenters. The SMILES string of the molecule is COc1cc(C(=O)C=Cc2ccc(C#N)cc2)ccc1S(C)(=O)=O. The van der Waals surface area contributed by atoms with Gasteiger partial charge < -0.3 is 4.74 Å². The fourth-order valence-electron chi connectivity index (χ4n) is 2.06. The number of nitrogens with zero attached hydrogens (tertiary/aromatic N) is 1. The average Bonchev–Trinajstić information content (AvgIpc) is 2.58. The van der Waals surface area contributed by atoms with Gasteiger partial charge in [0.25, 0.3) is 0 Å². The second-order valence-corrected chi connectivity index (χ2v) is 7.05. The Morgan fingerprint density at radius 1 is 1.17 bits per heavy atom. The minimum absolute atomic E-state index is 0.0395. The Morgan fingerprint density at radius 3 is 2.38 bits per heavy atom. The lowest BCUT2D eigenvalue weighted by Gasteiger charge is -2.07. The number of carbonyl (C=O) groups excluding carboxylic acids is 1. The maximum Gasteiger partial charge on any atom is 0.185 e. The van der Waals surface area contributed by atoms with Crippen molar-refractivity contribution in [2.75, 3.05) is 13.4 Å². The molecule has 0 saturated carbocycles. The van der Waals surface area contributed by atoms with E-state index in [1.807, 2.05) is 6.07 Å². The van der Waals surface area contributed by atoms with E-state index in [0.29, 0.717) is 11.1 Å². The average molecular weight is 341 g/mol. The summed E-state index contributed by atoms with van der Waals surface area (Å²) in [4.78, 5) is 12.3. The molecule has 0 aliphatic carbocycles. The highest BCUT2D eigenvalue weighted by atomic mass is 32.2. The molecule has 6 heteroatoms. The van der Waals surface area contributed by atoms with Gasteiger partial charge in [-0.15, -0.1) is 0 Å². The number of carbonyl (C=O) groups is 1. The van der Waals surface area contributed by atoms with Crippen LogP contribution in [0.15, 0.2) is 53.4 Å². The molecule has 0 amide bonds. The molecule has 0 spiro atoms. The summed E-state index contributed by atoms with van der Waals surface area (Å²) in [6, 6.07) is 13.0. The van der Waals surface area contributed by atoms with Crippen LogP contribution in [0.2, 0.25) is 0 Å². The van der Waals surface area contributed by atoms with Gasteiger partial charge in [0, 0.05) is 11.8 Å². The molecule has 0 aromatic heterocycles. The monoisotopic (exact) mass is 341 g/mol. The van der Waals surface area contributed by atoms with E-state index < -0.39 is 9.84 Å². The van der Waals surface area contributed by atoms with Crippen LogP contribution in [0.25, 0.3) is 6.08 Å². The predicted molar refractivity (Wildman–Crippen MR) is 90.6 cm³/mol. The Balaban J connectivity index is 2.26. The van der Waals surface area contributed by atoms with E-state index in [2.05, 4.69) is 0 Å². The number of hydrogen-bond donors (Lipinski definition) is 0. The molecule has 122 valence electrons. The topological polar surface area (TPSA) is 84.2 Å². The fourth-order valence-corrected chi connectivity index (χ4v) is 2.89.